The minimum atomic E-state index is 0.0975. The normalized spacial score (nSPS) is 24.9. The molecule has 1 saturated heterocycles. The smallest absolute Gasteiger partial charge is 0.126 e. The Balaban J connectivity index is 2.07. The van der Waals surface area contributed by atoms with Crippen molar-refractivity contribution in [2.24, 2.45) is 12.8 Å². The third kappa shape index (κ3) is 1.96. The van der Waals surface area contributed by atoms with Crippen molar-refractivity contribution >= 4 is 11.8 Å². The Labute approximate surface area is 89.1 Å². The molecule has 14 heavy (non-hydrogen) atoms. The maximum absolute atomic E-state index is 6.21. The lowest BCUT2D eigenvalue weighted by Crippen LogP contribution is -2.28. The molecule has 2 heterocycles. The van der Waals surface area contributed by atoms with E-state index in [-0.39, 0.29) is 6.04 Å². The van der Waals surface area contributed by atoms with E-state index in [9.17, 15) is 0 Å². The summed E-state index contributed by atoms with van der Waals surface area (Å²) in [5.74, 6) is 2.27. The molecule has 0 spiro atoms. The van der Waals surface area contributed by atoms with Gasteiger partial charge in [0.25, 0.3) is 0 Å². The van der Waals surface area contributed by atoms with Crippen LogP contribution in [0.1, 0.15) is 31.1 Å². The van der Waals surface area contributed by atoms with E-state index in [0.29, 0.717) is 5.25 Å². The number of thioether (sulfide) groups is 1. The van der Waals surface area contributed by atoms with Gasteiger partial charge in [-0.05, 0) is 18.6 Å². The van der Waals surface area contributed by atoms with Gasteiger partial charge >= 0.3 is 0 Å². The number of nitrogens with two attached hydrogens (primary N) is 1. The molecule has 4 heteroatoms. The molecule has 2 N–H and O–H groups in total. The number of nitrogens with zero attached hydrogens (tertiary/aromatic N) is 2. The molecular weight excluding hydrogens is 194 g/mol. The summed E-state index contributed by atoms with van der Waals surface area (Å²) in [5, 5.41) is 0.560. The molecule has 1 aliphatic rings. The molecule has 1 aliphatic heterocycles. The molecule has 0 aromatic carbocycles. The fourth-order valence-corrected chi connectivity index (χ4v) is 3.25. The van der Waals surface area contributed by atoms with E-state index in [0.717, 1.165) is 5.82 Å². The van der Waals surface area contributed by atoms with Crippen molar-refractivity contribution in [1.82, 2.24) is 9.55 Å². The first kappa shape index (κ1) is 10.1. The van der Waals surface area contributed by atoms with Gasteiger partial charge in [0.1, 0.15) is 5.82 Å². The summed E-state index contributed by atoms with van der Waals surface area (Å²) >= 11 is 2.00. The first-order valence-corrected chi connectivity index (χ1v) is 6.18. The molecule has 0 amide bonds. The zero-order valence-corrected chi connectivity index (χ0v) is 9.33. The highest BCUT2D eigenvalue weighted by Crippen LogP contribution is 2.32. The summed E-state index contributed by atoms with van der Waals surface area (Å²) in [5.41, 5.74) is 6.21. The average molecular weight is 211 g/mol. The lowest BCUT2D eigenvalue weighted by Gasteiger charge is -2.26. The van der Waals surface area contributed by atoms with Crippen molar-refractivity contribution in [3.63, 3.8) is 0 Å². The van der Waals surface area contributed by atoms with Crippen LogP contribution in [0, 0.1) is 0 Å². The fourth-order valence-electron chi connectivity index (χ4n) is 1.91. The second-order valence-corrected chi connectivity index (χ2v) is 5.17. The van der Waals surface area contributed by atoms with Crippen molar-refractivity contribution in [2.45, 2.75) is 30.6 Å². The van der Waals surface area contributed by atoms with Crippen molar-refractivity contribution < 1.29 is 0 Å². The molecule has 1 fully saturated rings. The van der Waals surface area contributed by atoms with Gasteiger partial charge in [-0.2, -0.15) is 11.8 Å². The first-order valence-electron chi connectivity index (χ1n) is 5.13. The van der Waals surface area contributed by atoms with Crippen LogP contribution in [0.4, 0.5) is 0 Å². The van der Waals surface area contributed by atoms with Crippen LogP contribution in [-0.2, 0) is 7.05 Å². The lowest BCUT2D eigenvalue weighted by atomic mass is 10.1. The Kier molecular flexibility index (Phi) is 3.13. The van der Waals surface area contributed by atoms with Gasteiger partial charge in [-0.3, -0.25) is 0 Å². The lowest BCUT2D eigenvalue weighted by molar-refractivity contribution is 0.546. The van der Waals surface area contributed by atoms with Crippen molar-refractivity contribution in [3.05, 3.63) is 18.2 Å². The van der Waals surface area contributed by atoms with Crippen molar-refractivity contribution in [3.8, 4) is 0 Å². The molecule has 0 radical (unpaired) electrons. The van der Waals surface area contributed by atoms with Crippen LogP contribution in [0.15, 0.2) is 12.4 Å². The largest absolute Gasteiger partial charge is 0.337 e. The summed E-state index contributed by atoms with van der Waals surface area (Å²) in [6.45, 7) is 0. The van der Waals surface area contributed by atoms with Crippen LogP contribution in [0.5, 0.6) is 0 Å². The van der Waals surface area contributed by atoms with Crippen LogP contribution in [0.2, 0.25) is 0 Å². The van der Waals surface area contributed by atoms with Crippen LogP contribution in [-0.4, -0.2) is 20.6 Å². The van der Waals surface area contributed by atoms with Gasteiger partial charge < -0.3 is 10.3 Å². The Bertz CT molecular complexity index is 291. The Morgan fingerprint density at radius 2 is 2.50 bits per heavy atom. The number of aromatic nitrogens is 2. The SMILES string of the molecule is Cn1ccnc1C(N)C1CCCCS1. The molecule has 78 valence electrons. The number of hydrogen-bond acceptors (Lipinski definition) is 3. The molecule has 0 aliphatic carbocycles. The zero-order valence-electron chi connectivity index (χ0n) is 8.52. The molecule has 2 unspecified atom stereocenters. The van der Waals surface area contributed by atoms with Crippen LogP contribution in [0.3, 0.4) is 0 Å². The van der Waals surface area contributed by atoms with Gasteiger partial charge in [0.2, 0.25) is 0 Å². The van der Waals surface area contributed by atoms with Gasteiger partial charge in [-0.1, -0.05) is 6.42 Å². The third-order valence-electron chi connectivity index (χ3n) is 2.77. The molecule has 0 bridgehead atoms. The van der Waals surface area contributed by atoms with Gasteiger partial charge in [0, 0.05) is 24.7 Å². The molecule has 2 rings (SSSR count). The molecule has 1 aromatic rings. The van der Waals surface area contributed by atoms with Gasteiger partial charge in [-0.25, -0.2) is 4.98 Å². The Morgan fingerprint density at radius 3 is 3.07 bits per heavy atom. The fraction of sp³-hybridized carbons (Fsp3) is 0.700. The number of imidazole rings is 1. The van der Waals surface area contributed by atoms with Gasteiger partial charge in [0.15, 0.2) is 0 Å². The van der Waals surface area contributed by atoms with Crippen LogP contribution in [0.25, 0.3) is 0 Å². The maximum Gasteiger partial charge on any atom is 0.126 e. The first-order chi connectivity index (χ1) is 6.79. The highest BCUT2D eigenvalue weighted by Gasteiger charge is 2.24. The van der Waals surface area contributed by atoms with E-state index in [1.165, 1.54) is 25.0 Å². The Hall–Kier alpha value is -0.480. The molecule has 2 atom stereocenters. The predicted molar refractivity (Wildman–Crippen MR) is 60.2 cm³/mol. The number of rotatable bonds is 2. The zero-order chi connectivity index (χ0) is 9.97. The molecule has 0 saturated carbocycles. The third-order valence-corrected chi connectivity index (χ3v) is 4.25. The highest BCUT2D eigenvalue weighted by atomic mass is 32.2. The van der Waals surface area contributed by atoms with E-state index in [2.05, 4.69) is 4.98 Å². The number of hydrogen-bond donors (Lipinski definition) is 1. The summed E-state index contributed by atoms with van der Waals surface area (Å²) in [4.78, 5) is 4.32. The minimum absolute atomic E-state index is 0.0975. The second kappa shape index (κ2) is 4.36. The highest BCUT2D eigenvalue weighted by molar-refractivity contribution is 8.00. The molecule has 1 aromatic heterocycles. The second-order valence-electron chi connectivity index (χ2n) is 3.83. The standard InChI is InChI=1S/C10H17N3S/c1-13-6-5-12-10(13)9(11)8-4-2-3-7-14-8/h5-6,8-9H,2-4,7,11H2,1H3. The summed E-state index contributed by atoms with van der Waals surface area (Å²) in [6, 6.07) is 0.0975. The molecular formula is C10H17N3S. The van der Waals surface area contributed by atoms with E-state index in [4.69, 9.17) is 5.73 Å². The maximum atomic E-state index is 6.21. The van der Waals surface area contributed by atoms with Gasteiger partial charge in [0.05, 0.1) is 6.04 Å². The van der Waals surface area contributed by atoms with Crippen molar-refractivity contribution in [1.29, 1.82) is 0 Å². The van der Waals surface area contributed by atoms with E-state index < -0.39 is 0 Å². The van der Waals surface area contributed by atoms with Crippen LogP contribution < -0.4 is 5.73 Å². The van der Waals surface area contributed by atoms with Crippen LogP contribution >= 0.6 is 11.8 Å². The summed E-state index contributed by atoms with van der Waals surface area (Å²) < 4.78 is 2.03. The topological polar surface area (TPSA) is 43.8 Å². The van der Waals surface area contributed by atoms with E-state index >= 15 is 0 Å². The molecule has 3 nitrogen and oxygen atoms in total. The number of aryl methyl sites for hydroxylation is 1. The summed E-state index contributed by atoms with van der Waals surface area (Å²) in [7, 11) is 2.01. The van der Waals surface area contributed by atoms with E-state index in [1.54, 1.807) is 0 Å². The average Bonchev–Trinajstić information content (AvgIpc) is 2.65. The summed E-state index contributed by atoms with van der Waals surface area (Å²) in [6.07, 6.45) is 7.67. The van der Waals surface area contributed by atoms with Crippen molar-refractivity contribution in [2.75, 3.05) is 5.75 Å². The monoisotopic (exact) mass is 211 g/mol. The Morgan fingerprint density at radius 1 is 1.64 bits per heavy atom. The van der Waals surface area contributed by atoms with Gasteiger partial charge in [-0.15, -0.1) is 0 Å². The van der Waals surface area contributed by atoms with E-state index in [1.807, 2.05) is 35.8 Å². The minimum Gasteiger partial charge on any atom is -0.337 e. The predicted octanol–water partition coefficient (Wildman–Crippen LogP) is 1.71. The quantitative estimate of drug-likeness (QED) is 0.810.